The predicted molar refractivity (Wildman–Crippen MR) is 106 cm³/mol. The Labute approximate surface area is 162 Å². The number of hydrogen-bond acceptors (Lipinski definition) is 4. The van der Waals surface area contributed by atoms with Gasteiger partial charge in [-0.2, -0.15) is 9.78 Å². The van der Waals surface area contributed by atoms with Crippen molar-refractivity contribution in [3.8, 4) is 0 Å². The molecular weight excluding hydrogens is 328 g/mol. The van der Waals surface area contributed by atoms with E-state index in [4.69, 9.17) is 19.6 Å². The fourth-order valence-electron chi connectivity index (χ4n) is 3.74. The first-order valence-electron chi connectivity index (χ1n) is 10.9. The first-order valence-corrected chi connectivity index (χ1v) is 10.9. The average Bonchev–Trinajstić information content (AvgIpc) is 2.62. The molecular formula is C22H44O4. The van der Waals surface area contributed by atoms with Gasteiger partial charge in [0.15, 0.2) is 0 Å². The van der Waals surface area contributed by atoms with Crippen LogP contribution in [-0.2, 0) is 19.6 Å². The van der Waals surface area contributed by atoms with Gasteiger partial charge in [-0.25, -0.2) is 9.78 Å². The molecule has 0 aromatic rings. The first kappa shape index (κ1) is 23.9. The summed E-state index contributed by atoms with van der Waals surface area (Å²) in [6, 6.07) is 0. The van der Waals surface area contributed by atoms with Crippen LogP contribution in [0.3, 0.4) is 0 Å². The van der Waals surface area contributed by atoms with Gasteiger partial charge in [-0.1, -0.05) is 60.8 Å². The Kier molecular flexibility index (Phi) is 9.55. The molecule has 1 rings (SSSR count). The van der Waals surface area contributed by atoms with Gasteiger partial charge in [0.1, 0.15) is 11.2 Å². The molecule has 0 aromatic carbocycles. The lowest BCUT2D eigenvalue weighted by Crippen LogP contribution is -2.50. The van der Waals surface area contributed by atoms with Crippen LogP contribution in [0.1, 0.15) is 113 Å². The third-order valence-electron chi connectivity index (χ3n) is 6.30. The summed E-state index contributed by atoms with van der Waals surface area (Å²) in [5.41, 5.74) is -0.577. The fourth-order valence-corrected chi connectivity index (χ4v) is 3.74. The van der Waals surface area contributed by atoms with Gasteiger partial charge in [0, 0.05) is 12.3 Å². The topological polar surface area (TPSA) is 36.9 Å². The molecule has 0 saturated heterocycles. The van der Waals surface area contributed by atoms with Crippen LogP contribution in [0, 0.1) is 11.8 Å². The van der Waals surface area contributed by atoms with Crippen molar-refractivity contribution in [2.75, 3.05) is 0 Å². The minimum Gasteiger partial charge on any atom is -0.227 e. The van der Waals surface area contributed by atoms with E-state index in [-0.39, 0.29) is 17.1 Å². The molecule has 0 aliphatic heterocycles. The smallest absolute Gasteiger partial charge is 0.227 e. The summed E-state index contributed by atoms with van der Waals surface area (Å²) in [4.78, 5) is 24.3. The van der Waals surface area contributed by atoms with Crippen LogP contribution in [-0.4, -0.2) is 17.0 Å². The van der Waals surface area contributed by atoms with Gasteiger partial charge in [0.2, 0.25) is 5.79 Å². The molecule has 0 N–H and O–H groups in total. The van der Waals surface area contributed by atoms with Crippen molar-refractivity contribution < 1.29 is 19.6 Å². The van der Waals surface area contributed by atoms with Crippen LogP contribution in [0.15, 0.2) is 0 Å². The molecule has 1 fully saturated rings. The Bertz CT molecular complexity index is 376. The Morgan fingerprint density at radius 2 is 1.27 bits per heavy atom. The lowest BCUT2D eigenvalue weighted by atomic mass is 9.79. The molecule has 0 heterocycles. The van der Waals surface area contributed by atoms with Crippen LogP contribution < -0.4 is 0 Å². The van der Waals surface area contributed by atoms with E-state index in [2.05, 4.69) is 55.4 Å². The van der Waals surface area contributed by atoms with Crippen molar-refractivity contribution in [2.45, 2.75) is 130 Å². The molecule has 4 atom stereocenters. The third kappa shape index (κ3) is 6.47. The summed E-state index contributed by atoms with van der Waals surface area (Å²) in [6.45, 7) is 17.3. The fraction of sp³-hybridized carbons (Fsp3) is 1.00. The lowest BCUT2D eigenvalue weighted by Gasteiger charge is -2.44. The second kappa shape index (κ2) is 10.4. The molecule has 0 bridgehead atoms. The van der Waals surface area contributed by atoms with Crippen LogP contribution >= 0.6 is 0 Å². The normalized spacial score (nSPS) is 31.4. The Morgan fingerprint density at radius 1 is 0.808 bits per heavy atom. The van der Waals surface area contributed by atoms with Gasteiger partial charge in [-0.3, -0.25) is 0 Å². The highest BCUT2D eigenvalue weighted by Gasteiger charge is 2.48. The van der Waals surface area contributed by atoms with E-state index in [0.29, 0.717) is 5.92 Å². The minimum atomic E-state index is -0.827. The zero-order valence-corrected chi connectivity index (χ0v) is 18.7. The molecule has 1 aliphatic carbocycles. The van der Waals surface area contributed by atoms with Crippen LogP contribution in [0.5, 0.6) is 0 Å². The van der Waals surface area contributed by atoms with Crippen molar-refractivity contribution in [1.82, 2.24) is 0 Å². The SMILES string of the molecule is CCCC(C)(CC)OOC1(OOC(C)(CC)CCC)CC(C)CCC1C. The summed E-state index contributed by atoms with van der Waals surface area (Å²) >= 11 is 0. The molecule has 1 saturated carbocycles. The molecule has 4 nitrogen and oxygen atoms in total. The van der Waals surface area contributed by atoms with Crippen LogP contribution in [0.4, 0.5) is 0 Å². The molecule has 156 valence electrons. The zero-order chi connectivity index (χ0) is 19.8. The molecule has 4 heteroatoms. The van der Waals surface area contributed by atoms with E-state index < -0.39 is 5.79 Å². The Balaban J connectivity index is 2.93. The van der Waals surface area contributed by atoms with Gasteiger partial charge in [0.05, 0.1) is 0 Å². The molecule has 0 amide bonds. The number of hydrogen-bond donors (Lipinski definition) is 0. The molecule has 0 spiro atoms. The highest BCUT2D eigenvalue weighted by Crippen LogP contribution is 2.43. The zero-order valence-electron chi connectivity index (χ0n) is 18.7. The summed E-state index contributed by atoms with van der Waals surface area (Å²) in [5.74, 6) is -0.0767. The van der Waals surface area contributed by atoms with Crippen molar-refractivity contribution in [1.29, 1.82) is 0 Å². The maximum absolute atomic E-state index is 6.13. The van der Waals surface area contributed by atoms with E-state index in [1.807, 2.05) is 0 Å². The summed E-state index contributed by atoms with van der Waals surface area (Å²) in [5, 5.41) is 0. The van der Waals surface area contributed by atoms with Crippen molar-refractivity contribution in [2.24, 2.45) is 11.8 Å². The van der Waals surface area contributed by atoms with Gasteiger partial charge in [0.25, 0.3) is 0 Å². The standard InChI is InChI=1S/C22H44O4/c1-9-15-20(7,11-3)23-25-22(17-18(5)13-14-19(22)6)26-24-21(8,12-4)16-10-2/h18-19H,9-17H2,1-8H3. The van der Waals surface area contributed by atoms with E-state index in [1.54, 1.807) is 0 Å². The van der Waals surface area contributed by atoms with Gasteiger partial charge < -0.3 is 0 Å². The van der Waals surface area contributed by atoms with Crippen molar-refractivity contribution in [3.05, 3.63) is 0 Å². The second-order valence-corrected chi connectivity index (χ2v) is 9.04. The summed E-state index contributed by atoms with van der Waals surface area (Å²) < 4.78 is 0. The lowest BCUT2D eigenvalue weighted by molar-refractivity contribution is -0.561. The van der Waals surface area contributed by atoms with Gasteiger partial charge in [-0.15, -0.1) is 0 Å². The Morgan fingerprint density at radius 3 is 1.65 bits per heavy atom. The predicted octanol–water partition coefficient (Wildman–Crippen LogP) is 6.97. The third-order valence-corrected chi connectivity index (χ3v) is 6.30. The van der Waals surface area contributed by atoms with Gasteiger partial charge in [-0.05, 0) is 51.9 Å². The Hall–Kier alpha value is -0.160. The monoisotopic (exact) mass is 372 g/mol. The largest absolute Gasteiger partial charge is 0.236 e. The highest BCUT2D eigenvalue weighted by molar-refractivity contribution is 4.84. The van der Waals surface area contributed by atoms with Crippen molar-refractivity contribution in [3.63, 3.8) is 0 Å². The average molecular weight is 373 g/mol. The molecule has 0 aromatic heterocycles. The molecule has 26 heavy (non-hydrogen) atoms. The van der Waals surface area contributed by atoms with Gasteiger partial charge >= 0.3 is 0 Å². The van der Waals surface area contributed by atoms with E-state index >= 15 is 0 Å². The quantitative estimate of drug-likeness (QED) is 0.210. The maximum Gasteiger partial charge on any atom is 0.236 e. The van der Waals surface area contributed by atoms with Crippen LogP contribution in [0.2, 0.25) is 0 Å². The van der Waals surface area contributed by atoms with Crippen molar-refractivity contribution >= 4 is 0 Å². The maximum atomic E-state index is 6.13. The summed E-state index contributed by atoms with van der Waals surface area (Å²) in [7, 11) is 0. The molecule has 0 radical (unpaired) electrons. The van der Waals surface area contributed by atoms with Crippen LogP contribution in [0.25, 0.3) is 0 Å². The van der Waals surface area contributed by atoms with E-state index in [9.17, 15) is 0 Å². The summed E-state index contributed by atoms with van der Waals surface area (Å²) in [6.07, 6.45) is 8.92. The minimum absolute atomic E-state index is 0.226. The first-order chi connectivity index (χ1) is 12.2. The molecule has 1 aliphatic rings. The van der Waals surface area contributed by atoms with E-state index in [0.717, 1.165) is 51.4 Å². The van der Waals surface area contributed by atoms with E-state index in [1.165, 1.54) is 6.42 Å². The second-order valence-electron chi connectivity index (χ2n) is 9.04. The molecule has 4 unspecified atom stereocenters. The number of rotatable bonds is 12. The highest BCUT2D eigenvalue weighted by atomic mass is 17.3.